The first-order chi connectivity index (χ1) is 14.0. The van der Waals surface area contributed by atoms with E-state index in [1.54, 1.807) is 54.2 Å². The maximum absolute atomic E-state index is 13.5. The number of sulfonamides is 1. The highest BCUT2D eigenvalue weighted by Crippen LogP contribution is 2.24. The molecule has 2 aromatic rings. The molecule has 2 aromatic carbocycles. The number of hydrogen-bond donors (Lipinski definition) is 1. The molecule has 1 heterocycles. The molecule has 0 spiro atoms. The van der Waals surface area contributed by atoms with Gasteiger partial charge in [-0.1, -0.05) is 30.3 Å². The molecular formula is C21H23FN2O3S2. The Kier molecular flexibility index (Phi) is 7.33. The van der Waals surface area contributed by atoms with Crippen molar-refractivity contribution >= 4 is 39.5 Å². The number of rotatable bonds is 8. The van der Waals surface area contributed by atoms with E-state index in [0.29, 0.717) is 42.3 Å². The minimum atomic E-state index is -3.19. The van der Waals surface area contributed by atoms with Gasteiger partial charge in [0, 0.05) is 30.7 Å². The summed E-state index contributed by atoms with van der Waals surface area (Å²) in [5.74, 6) is 1.03. The third kappa shape index (κ3) is 6.08. The summed E-state index contributed by atoms with van der Waals surface area (Å²) in [6.45, 7) is 1.00. The zero-order chi connectivity index (χ0) is 20.7. The molecular weight excluding hydrogens is 411 g/mol. The Morgan fingerprint density at radius 3 is 2.62 bits per heavy atom. The van der Waals surface area contributed by atoms with E-state index in [1.165, 1.54) is 16.4 Å². The Bertz CT molecular complexity index is 976. The van der Waals surface area contributed by atoms with Crippen LogP contribution in [0.5, 0.6) is 0 Å². The van der Waals surface area contributed by atoms with Crippen molar-refractivity contribution in [2.45, 2.75) is 12.2 Å². The average molecular weight is 435 g/mol. The maximum atomic E-state index is 13.5. The van der Waals surface area contributed by atoms with Crippen LogP contribution in [0.2, 0.25) is 0 Å². The lowest BCUT2D eigenvalue weighted by Crippen LogP contribution is -2.24. The average Bonchev–Trinajstić information content (AvgIpc) is 3.07. The fourth-order valence-electron chi connectivity index (χ4n) is 2.96. The molecule has 3 rings (SSSR count). The number of anilines is 1. The van der Waals surface area contributed by atoms with Crippen LogP contribution in [0, 0.1) is 5.82 Å². The predicted molar refractivity (Wildman–Crippen MR) is 117 cm³/mol. The molecule has 1 fully saturated rings. The molecule has 0 unspecified atom stereocenters. The molecule has 5 nitrogen and oxygen atoms in total. The van der Waals surface area contributed by atoms with E-state index in [2.05, 4.69) is 5.32 Å². The minimum Gasteiger partial charge on any atom is -0.352 e. The normalized spacial score (nSPS) is 15.7. The van der Waals surface area contributed by atoms with E-state index in [1.807, 2.05) is 6.07 Å². The lowest BCUT2D eigenvalue weighted by molar-refractivity contribution is -0.116. The molecule has 8 heteroatoms. The van der Waals surface area contributed by atoms with Crippen molar-refractivity contribution in [3.05, 3.63) is 71.6 Å². The molecule has 0 atom stereocenters. The van der Waals surface area contributed by atoms with Gasteiger partial charge >= 0.3 is 0 Å². The third-order valence-electron chi connectivity index (χ3n) is 4.47. The third-order valence-corrected chi connectivity index (χ3v) is 7.35. The second kappa shape index (κ2) is 9.93. The van der Waals surface area contributed by atoms with Crippen molar-refractivity contribution in [3.8, 4) is 0 Å². The van der Waals surface area contributed by atoms with Crippen molar-refractivity contribution in [2.24, 2.45) is 0 Å². The number of nitrogens with zero attached hydrogens (tertiary/aromatic N) is 1. The van der Waals surface area contributed by atoms with E-state index in [-0.39, 0.29) is 17.5 Å². The molecule has 0 radical (unpaired) electrons. The molecule has 1 N–H and O–H groups in total. The highest BCUT2D eigenvalue weighted by molar-refractivity contribution is 7.98. The van der Waals surface area contributed by atoms with Crippen LogP contribution in [0.1, 0.15) is 17.5 Å². The van der Waals surface area contributed by atoms with Crippen molar-refractivity contribution in [1.82, 2.24) is 5.32 Å². The number of halogens is 1. The molecule has 29 heavy (non-hydrogen) atoms. The van der Waals surface area contributed by atoms with E-state index in [4.69, 9.17) is 0 Å². The Balaban J connectivity index is 1.40. The number of carbonyl (C=O) groups excluding carboxylic acids is 1. The van der Waals surface area contributed by atoms with Gasteiger partial charge in [-0.15, -0.1) is 0 Å². The minimum absolute atomic E-state index is 0.188. The topological polar surface area (TPSA) is 66.5 Å². The molecule has 0 saturated carbocycles. The Hall–Kier alpha value is -2.32. The lowest BCUT2D eigenvalue weighted by Gasteiger charge is -2.16. The van der Waals surface area contributed by atoms with Crippen molar-refractivity contribution in [3.63, 3.8) is 0 Å². The Morgan fingerprint density at radius 1 is 1.17 bits per heavy atom. The van der Waals surface area contributed by atoms with Gasteiger partial charge in [0.15, 0.2) is 0 Å². The summed E-state index contributed by atoms with van der Waals surface area (Å²) in [5.41, 5.74) is 2.12. The van der Waals surface area contributed by atoms with Crippen LogP contribution >= 0.6 is 11.8 Å². The fraction of sp³-hybridized carbons (Fsp3) is 0.286. The first kappa shape index (κ1) is 21.4. The highest BCUT2D eigenvalue weighted by Gasteiger charge is 2.28. The number of amides is 1. The number of carbonyl (C=O) groups is 1. The van der Waals surface area contributed by atoms with Crippen LogP contribution in [0.25, 0.3) is 6.08 Å². The summed E-state index contributed by atoms with van der Waals surface area (Å²) in [6.07, 6.45) is 3.77. The molecule has 0 bridgehead atoms. The molecule has 0 aliphatic carbocycles. The lowest BCUT2D eigenvalue weighted by atomic mass is 10.2. The molecule has 154 valence electrons. The monoisotopic (exact) mass is 434 g/mol. The Labute approximate surface area is 175 Å². The van der Waals surface area contributed by atoms with Gasteiger partial charge in [0.2, 0.25) is 15.9 Å². The maximum Gasteiger partial charge on any atom is 0.244 e. The summed E-state index contributed by atoms with van der Waals surface area (Å²) in [6, 6.07) is 13.8. The van der Waals surface area contributed by atoms with Gasteiger partial charge in [0.05, 0.1) is 11.4 Å². The summed E-state index contributed by atoms with van der Waals surface area (Å²) in [7, 11) is -3.19. The number of nitrogens with one attached hydrogen (secondary N) is 1. The van der Waals surface area contributed by atoms with Gasteiger partial charge in [-0.25, -0.2) is 12.8 Å². The number of hydrogen-bond acceptors (Lipinski definition) is 4. The van der Waals surface area contributed by atoms with E-state index in [0.717, 1.165) is 5.56 Å². The zero-order valence-electron chi connectivity index (χ0n) is 15.9. The molecule has 1 aliphatic rings. The SMILES string of the molecule is O=C(/C=C/c1ccc(N2CCCS2(=O)=O)cc1)NCCSCc1ccccc1F. The van der Waals surface area contributed by atoms with E-state index < -0.39 is 10.0 Å². The highest BCUT2D eigenvalue weighted by atomic mass is 32.2. The van der Waals surface area contributed by atoms with Gasteiger partial charge in [-0.05, 0) is 41.8 Å². The molecule has 1 aliphatic heterocycles. The molecule has 1 amide bonds. The van der Waals surface area contributed by atoms with Crippen LogP contribution in [-0.4, -0.2) is 38.9 Å². The molecule has 0 aromatic heterocycles. The van der Waals surface area contributed by atoms with Crippen molar-refractivity contribution in [1.29, 1.82) is 0 Å². The number of thioether (sulfide) groups is 1. The standard InChI is InChI=1S/C21H23FN2O3S2/c22-20-5-2-1-4-18(20)16-28-14-12-23-21(25)11-8-17-6-9-19(10-7-17)24-13-3-15-29(24,26)27/h1-2,4-11H,3,12-16H2,(H,23,25)/b11-8+. The van der Waals surface area contributed by atoms with Crippen LogP contribution in [0.4, 0.5) is 10.1 Å². The Morgan fingerprint density at radius 2 is 1.93 bits per heavy atom. The zero-order valence-corrected chi connectivity index (χ0v) is 17.5. The van der Waals surface area contributed by atoms with Crippen LogP contribution in [0.3, 0.4) is 0 Å². The summed E-state index contributed by atoms with van der Waals surface area (Å²) >= 11 is 1.56. The summed E-state index contributed by atoms with van der Waals surface area (Å²) < 4.78 is 38.8. The fourth-order valence-corrected chi connectivity index (χ4v) is 5.37. The first-order valence-electron chi connectivity index (χ1n) is 9.33. The second-order valence-electron chi connectivity index (χ2n) is 6.60. The largest absolute Gasteiger partial charge is 0.352 e. The first-order valence-corrected chi connectivity index (χ1v) is 12.1. The van der Waals surface area contributed by atoms with E-state index >= 15 is 0 Å². The molecule has 1 saturated heterocycles. The van der Waals surface area contributed by atoms with Crippen LogP contribution in [0.15, 0.2) is 54.6 Å². The van der Waals surface area contributed by atoms with Gasteiger partial charge in [0.1, 0.15) is 5.82 Å². The predicted octanol–water partition coefficient (Wildman–Crippen LogP) is 3.43. The van der Waals surface area contributed by atoms with Gasteiger partial charge in [-0.3, -0.25) is 9.10 Å². The van der Waals surface area contributed by atoms with Gasteiger partial charge in [-0.2, -0.15) is 11.8 Å². The quantitative estimate of drug-likeness (QED) is 0.511. The van der Waals surface area contributed by atoms with Crippen molar-refractivity contribution < 1.29 is 17.6 Å². The second-order valence-corrected chi connectivity index (χ2v) is 9.72. The number of benzene rings is 2. The summed E-state index contributed by atoms with van der Waals surface area (Å²) in [4.78, 5) is 11.9. The van der Waals surface area contributed by atoms with E-state index in [9.17, 15) is 17.6 Å². The summed E-state index contributed by atoms with van der Waals surface area (Å²) in [5, 5.41) is 2.79. The van der Waals surface area contributed by atoms with Crippen LogP contribution in [-0.2, 0) is 20.6 Å². The van der Waals surface area contributed by atoms with Crippen molar-refractivity contribution in [2.75, 3.05) is 28.9 Å². The smallest absolute Gasteiger partial charge is 0.244 e. The van der Waals surface area contributed by atoms with Gasteiger partial charge < -0.3 is 5.32 Å². The van der Waals surface area contributed by atoms with Gasteiger partial charge in [0.25, 0.3) is 0 Å². The van der Waals surface area contributed by atoms with Crippen LogP contribution < -0.4 is 9.62 Å².